The second-order valence-corrected chi connectivity index (χ2v) is 5.09. The summed E-state index contributed by atoms with van der Waals surface area (Å²) in [7, 11) is -2.22. The van der Waals surface area contributed by atoms with Crippen LogP contribution >= 0.6 is 0 Å². The summed E-state index contributed by atoms with van der Waals surface area (Å²) in [6.45, 7) is 1.81. The van der Waals surface area contributed by atoms with Crippen LogP contribution in [0.25, 0.3) is 0 Å². The third-order valence-electron chi connectivity index (χ3n) is 2.15. The molecule has 1 aromatic carbocycles. The monoisotopic (exact) mass is 272 g/mol. The molecule has 1 rings (SSSR count). The van der Waals surface area contributed by atoms with Crippen molar-refractivity contribution in [3.05, 3.63) is 29.8 Å². The smallest absolute Gasteiger partial charge is 0.299 e. The van der Waals surface area contributed by atoms with E-state index in [1.54, 1.807) is 18.2 Å². The average Bonchev–Trinajstić information content (AvgIpc) is 2.29. The second-order valence-electron chi connectivity index (χ2n) is 3.59. The molecule has 7 heteroatoms. The molecule has 0 saturated carbocycles. The number of hydrogen-bond acceptors (Lipinski definition) is 4. The zero-order chi connectivity index (χ0) is 13.6. The van der Waals surface area contributed by atoms with Crippen LogP contribution in [0.3, 0.4) is 0 Å². The highest BCUT2D eigenvalue weighted by molar-refractivity contribution is 7.90. The average molecular weight is 272 g/mol. The normalized spacial score (nSPS) is 11.2. The van der Waals surface area contributed by atoms with Crippen LogP contribution in [0.5, 0.6) is 0 Å². The van der Waals surface area contributed by atoms with Crippen LogP contribution in [-0.4, -0.2) is 34.5 Å². The minimum absolute atomic E-state index is 0.161. The minimum Gasteiger partial charge on any atom is -0.383 e. The van der Waals surface area contributed by atoms with Gasteiger partial charge in [-0.15, -0.1) is 0 Å². The predicted molar refractivity (Wildman–Crippen MR) is 68.9 cm³/mol. The molecular formula is C11H16N2O4S. The molecule has 0 fully saturated rings. The molecule has 0 heterocycles. The van der Waals surface area contributed by atoms with Crippen molar-refractivity contribution in [2.24, 2.45) is 0 Å². The lowest BCUT2D eigenvalue weighted by Gasteiger charge is -2.11. The third kappa shape index (κ3) is 4.44. The van der Waals surface area contributed by atoms with Crippen molar-refractivity contribution in [2.45, 2.75) is 6.92 Å². The van der Waals surface area contributed by atoms with Gasteiger partial charge in [0.15, 0.2) is 5.78 Å². The summed E-state index contributed by atoms with van der Waals surface area (Å²) in [6, 6.07) is 6.42. The van der Waals surface area contributed by atoms with E-state index in [4.69, 9.17) is 4.74 Å². The summed E-state index contributed by atoms with van der Waals surface area (Å²) in [5.41, 5.74) is 0.588. The molecule has 18 heavy (non-hydrogen) atoms. The Balaban J connectivity index is 2.81. The zero-order valence-corrected chi connectivity index (χ0v) is 11.1. The van der Waals surface area contributed by atoms with E-state index >= 15 is 0 Å². The highest BCUT2D eigenvalue weighted by Crippen LogP contribution is 2.16. The standard InChI is InChI=1S/C11H16N2O4S/c1-9(14)10-5-3-4-6-11(10)13-18(15,16)12-7-8-17-2/h3-6,12-13H,7-8H2,1-2H3. The van der Waals surface area contributed by atoms with Crippen molar-refractivity contribution in [3.8, 4) is 0 Å². The van der Waals surface area contributed by atoms with Gasteiger partial charge in [0.05, 0.1) is 12.3 Å². The van der Waals surface area contributed by atoms with Crippen molar-refractivity contribution in [3.63, 3.8) is 0 Å². The van der Waals surface area contributed by atoms with Gasteiger partial charge in [0.2, 0.25) is 0 Å². The maximum Gasteiger partial charge on any atom is 0.299 e. The maximum absolute atomic E-state index is 11.7. The molecule has 0 aliphatic carbocycles. The molecule has 1 aromatic rings. The fraction of sp³-hybridized carbons (Fsp3) is 0.364. The summed E-state index contributed by atoms with van der Waals surface area (Å²) in [5.74, 6) is -0.204. The molecule has 0 spiro atoms. The first-order valence-electron chi connectivity index (χ1n) is 5.32. The molecule has 2 N–H and O–H groups in total. The molecule has 6 nitrogen and oxygen atoms in total. The number of rotatable bonds is 7. The first-order chi connectivity index (χ1) is 8.46. The van der Waals surface area contributed by atoms with Crippen LogP contribution in [0.1, 0.15) is 17.3 Å². The fourth-order valence-corrected chi connectivity index (χ4v) is 2.23. The van der Waals surface area contributed by atoms with Gasteiger partial charge in [-0.2, -0.15) is 13.1 Å². The molecule has 0 radical (unpaired) electrons. The highest BCUT2D eigenvalue weighted by atomic mass is 32.2. The molecule has 0 saturated heterocycles. The molecule has 0 atom stereocenters. The van der Waals surface area contributed by atoms with Gasteiger partial charge < -0.3 is 4.74 Å². The van der Waals surface area contributed by atoms with Gasteiger partial charge in [0.25, 0.3) is 10.2 Å². The Bertz CT molecular complexity index is 514. The molecule has 0 aromatic heterocycles. The minimum atomic E-state index is -3.70. The van der Waals surface area contributed by atoms with E-state index in [-0.39, 0.29) is 24.6 Å². The Morgan fingerprint density at radius 2 is 2.00 bits per heavy atom. The highest BCUT2D eigenvalue weighted by Gasteiger charge is 2.13. The maximum atomic E-state index is 11.7. The van der Waals surface area contributed by atoms with Crippen LogP contribution in [-0.2, 0) is 14.9 Å². The lowest BCUT2D eigenvalue weighted by molar-refractivity contribution is 0.101. The number of carbonyl (C=O) groups is 1. The van der Waals surface area contributed by atoms with E-state index < -0.39 is 10.2 Å². The first-order valence-corrected chi connectivity index (χ1v) is 6.81. The molecule has 0 bridgehead atoms. The summed E-state index contributed by atoms with van der Waals surface area (Å²) >= 11 is 0. The lowest BCUT2D eigenvalue weighted by Crippen LogP contribution is -2.33. The fourth-order valence-electron chi connectivity index (χ4n) is 1.34. The van der Waals surface area contributed by atoms with Crippen molar-refractivity contribution in [2.75, 3.05) is 25.0 Å². The Labute approximate surface area is 107 Å². The molecule has 0 amide bonds. The van der Waals surface area contributed by atoms with Crippen LogP contribution in [0.4, 0.5) is 5.69 Å². The summed E-state index contributed by atoms with van der Waals surface area (Å²) in [5, 5.41) is 0. The molecular weight excluding hydrogens is 256 g/mol. The van der Waals surface area contributed by atoms with Gasteiger partial charge in [-0.05, 0) is 19.1 Å². The Morgan fingerprint density at radius 1 is 1.33 bits per heavy atom. The molecule has 0 unspecified atom stereocenters. The van der Waals surface area contributed by atoms with E-state index in [2.05, 4.69) is 9.44 Å². The van der Waals surface area contributed by atoms with Crippen LogP contribution in [0.2, 0.25) is 0 Å². The largest absolute Gasteiger partial charge is 0.383 e. The van der Waals surface area contributed by atoms with Crippen LogP contribution < -0.4 is 9.44 Å². The van der Waals surface area contributed by atoms with E-state index in [0.717, 1.165) is 0 Å². The summed E-state index contributed by atoms with van der Waals surface area (Å²) in [4.78, 5) is 11.3. The molecule has 100 valence electrons. The molecule has 0 aliphatic rings. The van der Waals surface area contributed by atoms with Crippen molar-refractivity contribution < 1.29 is 17.9 Å². The Kier molecular flexibility index (Phi) is 5.26. The number of Topliss-reactive ketones (excluding diaryl/α,β-unsaturated/α-hetero) is 1. The van der Waals surface area contributed by atoms with Gasteiger partial charge >= 0.3 is 0 Å². The van der Waals surface area contributed by atoms with Gasteiger partial charge in [0.1, 0.15) is 0 Å². The number of para-hydroxylation sites is 1. The zero-order valence-electron chi connectivity index (χ0n) is 10.3. The summed E-state index contributed by atoms with van der Waals surface area (Å²) < 4.78 is 32.7. The van der Waals surface area contributed by atoms with E-state index in [1.807, 2.05) is 0 Å². The topological polar surface area (TPSA) is 84.5 Å². The SMILES string of the molecule is COCCNS(=O)(=O)Nc1ccccc1C(C)=O. The van der Waals surface area contributed by atoms with Gasteiger partial charge in [-0.1, -0.05) is 12.1 Å². The van der Waals surface area contributed by atoms with E-state index in [9.17, 15) is 13.2 Å². The predicted octanol–water partition coefficient (Wildman–Crippen LogP) is 0.782. The number of benzene rings is 1. The van der Waals surface area contributed by atoms with Crippen molar-refractivity contribution in [1.29, 1.82) is 0 Å². The lowest BCUT2D eigenvalue weighted by atomic mass is 10.1. The second kappa shape index (κ2) is 6.48. The third-order valence-corrected chi connectivity index (χ3v) is 3.22. The van der Waals surface area contributed by atoms with Crippen molar-refractivity contribution >= 4 is 21.7 Å². The number of methoxy groups -OCH3 is 1. The number of anilines is 1. The van der Waals surface area contributed by atoms with Gasteiger partial charge in [-0.25, -0.2) is 0 Å². The number of nitrogens with one attached hydrogen (secondary N) is 2. The van der Waals surface area contributed by atoms with E-state index in [0.29, 0.717) is 5.56 Å². The number of ketones is 1. The van der Waals surface area contributed by atoms with Crippen LogP contribution in [0.15, 0.2) is 24.3 Å². The van der Waals surface area contributed by atoms with Crippen molar-refractivity contribution in [1.82, 2.24) is 4.72 Å². The van der Waals surface area contributed by atoms with Crippen LogP contribution in [0, 0.1) is 0 Å². The van der Waals surface area contributed by atoms with E-state index in [1.165, 1.54) is 20.1 Å². The molecule has 0 aliphatic heterocycles. The Morgan fingerprint density at radius 3 is 2.61 bits per heavy atom. The number of hydrogen-bond donors (Lipinski definition) is 2. The van der Waals surface area contributed by atoms with Gasteiger partial charge in [0, 0.05) is 19.2 Å². The summed E-state index contributed by atoms with van der Waals surface area (Å²) in [6.07, 6.45) is 0. The first kappa shape index (κ1) is 14.6. The number of carbonyl (C=O) groups excluding carboxylic acids is 1. The quantitative estimate of drug-likeness (QED) is 0.567. The van der Waals surface area contributed by atoms with Gasteiger partial charge in [-0.3, -0.25) is 9.52 Å². The number of ether oxygens (including phenoxy) is 1. The Hall–Kier alpha value is -1.44.